The van der Waals surface area contributed by atoms with Gasteiger partial charge in [-0.2, -0.15) is 0 Å². The number of methoxy groups -OCH3 is 1. The quantitative estimate of drug-likeness (QED) is 0.729. The molecular formula is C22H30N2O2S. The van der Waals surface area contributed by atoms with Gasteiger partial charge < -0.3 is 10.1 Å². The maximum Gasteiger partial charge on any atom is 0.234 e. The molecular weight excluding hydrogens is 356 g/mol. The van der Waals surface area contributed by atoms with E-state index in [0.29, 0.717) is 19.1 Å². The third-order valence-electron chi connectivity index (χ3n) is 5.29. The second-order valence-electron chi connectivity index (χ2n) is 7.56. The molecule has 1 N–H and O–H groups in total. The first kappa shape index (κ1) is 19.9. The summed E-state index contributed by atoms with van der Waals surface area (Å²) in [5.41, 5.74) is 1.11. The highest BCUT2D eigenvalue weighted by atomic mass is 32.1. The number of nitrogens with zero attached hydrogens (tertiary/aromatic N) is 1. The highest BCUT2D eigenvalue weighted by Gasteiger charge is 2.21. The van der Waals surface area contributed by atoms with E-state index in [0.717, 1.165) is 36.6 Å². The second kappa shape index (κ2) is 9.90. The fourth-order valence-electron chi connectivity index (χ4n) is 3.75. The van der Waals surface area contributed by atoms with Crippen LogP contribution in [0.3, 0.4) is 0 Å². The Hall–Kier alpha value is -1.85. The van der Waals surface area contributed by atoms with Crippen LogP contribution < -0.4 is 10.1 Å². The molecule has 146 valence electrons. The van der Waals surface area contributed by atoms with E-state index >= 15 is 0 Å². The Morgan fingerprint density at radius 3 is 2.63 bits per heavy atom. The lowest BCUT2D eigenvalue weighted by Gasteiger charge is -2.28. The Morgan fingerprint density at radius 2 is 1.93 bits per heavy atom. The molecule has 4 nitrogen and oxygen atoms in total. The summed E-state index contributed by atoms with van der Waals surface area (Å²) in [4.78, 5) is 16.2. The van der Waals surface area contributed by atoms with Crippen LogP contribution in [0.25, 0.3) is 0 Å². The average Bonchev–Trinajstić information content (AvgIpc) is 3.17. The van der Waals surface area contributed by atoms with Gasteiger partial charge in [-0.05, 0) is 49.1 Å². The topological polar surface area (TPSA) is 41.6 Å². The molecule has 1 saturated carbocycles. The monoisotopic (exact) mass is 386 g/mol. The molecule has 0 saturated heterocycles. The molecule has 27 heavy (non-hydrogen) atoms. The number of carbonyl (C=O) groups excluding carboxylic acids is 1. The SMILES string of the molecule is COc1ccccc1CN(CC(=O)NC1CCC(C)CC1)Cc1cccs1. The maximum absolute atomic E-state index is 12.7. The largest absolute Gasteiger partial charge is 0.496 e. The predicted octanol–water partition coefficient (Wildman–Crippen LogP) is 4.45. The highest BCUT2D eigenvalue weighted by Crippen LogP contribution is 2.24. The minimum atomic E-state index is 0.126. The van der Waals surface area contributed by atoms with Gasteiger partial charge in [-0.25, -0.2) is 0 Å². The van der Waals surface area contributed by atoms with Gasteiger partial charge in [0.1, 0.15) is 5.75 Å². The fraction of sp³-hybridized carbons (Fsp3) is 0.500. The minimum Gasteiger partial charge on any atom is -0.496 e. The van der Waals surface area contributed by atoms with E-state index in [4.69, 9.17) is 4.74 Å². The van der Waals surface area contributed by atoms with E-state index in [1.165, 1.54) is 17.7 Å². The van der Waals surface area contributed by atoms with Gasteiger partial charge in [0.25, 0.3) is 0 Å². The van der Waals surface area contributed by atoms with Crippen LogP contribution in [0.2, 0.25) is 0 Å². The van der Waals surface area contributed by atoms with Crippen molar-refractivity contribution in [1.82, 2.24) is 10.2 Å². The Kier molecular flexibility index (Phi) is 7.30. The fourth-order valence-corrected chi connectivity index (χ4v) is 4.49. The Morgan fingerprint density at radius 1 is 1.15 bits per heavy atom. The molecule has 0 aliphatic heterocycles. The first-order chi connectivity index (χ1) is 13.1. The molecule has 1 aliphatic rings. The third kappa shape index (κ3) is 6.08. The van der Waals surface area contributed by atoms with Gasteiger partial charge >= 0.3 is 0 Å². The average molecular weight is 387 g/mol. The molecule has 0 bridgehead atoms. The first-order valence-corrected chi connectivity index (χ1v) is 10.7. The summed E-state index contributed by atoms with van der Waals surface area (Å²) in [6.45, 7) is 4.16. The molecule has 1 aromatic heterocycles. The summed E-state index contributed by atoms with van der Waals surface area (Å²) >= 11 is 1.73. The van der Waals surface area contributed by atoms with Crippen LogP contribution in [0.15, 0.2) is 41.8 Å². The van der Waals surface area contributed by atoms with Gasteiger partial charge in [-0.15, -0.1) is 11.3 Å². The van der Waals surface area contributed by atoms with Crippen molar-refractivity contribution in [3.63, 3.8) is 0 Å². The summed E-state index contributed by atoms with van der Waals surface area (Å²) in [6, 6.07) is 12.6. The normalized spacial score (nSPS) is 19.8. The Labute approximate surface area is 166 Å². The number of rotatable bonds is 8. The summed E-state index contributed by atoms with van der Waals surface area (Å²) in [5, 5.41) is 5.34. The smallest absolute Gasteiger partial charge is 0.234 e. The number of hydrogen-bond acceptors (Lipinski definition) is 4. The molecule has 1 fully saturated rings. The van der Waals surface area contributed by atoms with Crippen LogP contribution in [0.5, 0.6) is 5.75 Å². The summed E-state index contributed by atoms with van der Waals surface area (Å²) in [7, 11) is 1.69. The first-order valence-electron chi connectivity index (χ1n) is 9.80. The zero-order valence-corrected chi connectivity index (χ0v) is 17.1. The molecule has 1 amide bonds. The van der Waals surface area contributed by atoms with Crippen LogP contribution in [0.1, 0.15) is 43.0 Å². The summed E-state index contributed by atoms with van der Waals surface area (Å²) in [6.07, 6.45) is 4.63. The van der Waals surface area contributed by atoms with Crippen LogP contribution in [0.4, 0.5) is 0 Å². The number of benzene rings is 1. The van der Waals surface area contributed by atoms with Crippen LogP contribution in [-0.2, 0) is 17.9 Å². The Bertz CT molecular complexity index is 709. The van der Waals surface area contributed by atoms with Crippen molar-refractivity contribution >= 4 is 17.2 Å². The van der Waals surface area contributed by atoms with Crippen molar-refractivity contribution in [2.45, 2.75) is 51.7 Å². The van der Waals surface area contributed by atoms with E-state index < -0.39 is 0 Å². The van der Waals surface area contributed by atoms with Crippen molar-refractivity contribution in [2.75, 3.05) is 13.7 Å². The number of nitrogens with one attached hydrogen (secondary N) is 1. The molecule has 1 aliphatic carbocycles. The minimum absolute atomic E-state index is 0.126. The number of amides is 1. The molecule has 0 unspecified atom stereocenters. The van der Waals surface area contributed by atoms with Gasteiger partial charge in [0.05, 0.1) is 13.7 Å². The van der Waals surface area contributed by atoms with Crippen molar-refractivity contribution < 1.29 is 9.53 Å². The molecule has 3 rings (SSSR count). The van der Waals surface area contributed by atoms with E-state index in [1.807, 2.05) is 18.2 Å². The number of thiophene rings is 1. The number of ether oxygens (including phenoxy) is 1. The number of hydrogen-bond donors (Lipinski definition) is 1. The second-order valence-corrected chi connectivity index (χ2v) is 8.59. The van der Waals surface area contributed by atoms with Gasteiger partial charge in [0.15, 0.2) is 0 Å². The molecule has 0 spiro atoms. The summed E-state index contributed by atoms with van der Waals surface area (Å²) < 4.78 is 5.49. The molecule has 0 atom stereocenters. The molecule has 0 radical (unpaired) electrons. The van der Waals surface area contributed by atoms with E-state index in [2.05, 4.69) is 40.7 Å². The van der Waals surface area contributed by atoms with Gasteiger partial charge in [0, 0.05) is 29.6 Å². The van der Waals surface area contributed by atoms with E-state index in [9.17, 15) is 4.79 Å². The standard InChI is InChI=1S/C22H30N2O2S/c1-17-9-11-19(12-10-17)23-22(25)16-24(15-20-7-5-13-27-20)14-18-6-3-4-8-21(18)26-2/h3-8,13,17,19H,9-12,14-16H2,1-2H3,(H,23,25). The van der Waals surface area contributed by atoms with E-state index in [1.54, 1.807) is 18.4 Å². The molecule has 2 aromatic rings. The van der Waals surface area contributed by atoms with Crippen molar-refractivity contribution in [3.05, 3.63) is 52.2 Å². The zero-order valence-electron chi connectivity index (χ0n) is 16.3. The van der Waals surface area contributed by atoms with Gasteiger partial charge in [-0.1, -0.05) is 31.2 Å². The molecule has 1 heterocycles. The van der Waals surface area contributed by atoms with Gasteiger partial charge in [0.2, 0.25) is 5.91 Å². The lowest BCUT2D eigenvalue weighted by molar-refractivity contribution is -0.123. The molecule has 5 heteroatoms. The number of carbonyl (C=O) groups is 1. The van der Waals surface area contributed by atoms with Crippen LogP contribution >= 0.6 is 11.3 Å². The third-order valence-corrected chi connectivity index (χ3v) is 6.16. The van der Waals surface area contributed by atoms with Crippen molar-refractivity contribution in [2.24, 2.45) is 5.92 Å². The zero-order chi connectivity index (χ0) is 19.1. The molecule has 1 aromatic carbocycles. The lowest BCUT2D eigenvalue weighted by Crippen LogP contribution is -2.43. The lowest BCUT2D eigenvalue weighted by atomic mass is 9.87. The Balaban J connectivity index is 1.63. The predicted molar refractivity (Wildman–Crippen MR) is 111 cm³/mol. The number of para-hydroxylation sites is 1. The summed E-state index contributed by atoms with van der Waals surface area (Å²) in [5.74, 6) is 1.79. The van der Waals surface area contributed by atoms with Crippen LogP contribution in [-0.4, -0.2) is 30.5 Å². The van der Waals surface area contributed by atoms with E-state index in [-0.39, 0.29) is 5.91 Å². The van der Waals surface area contributed by atoms with Crippen molar-refractivity contribution in [3.8, 4) is 5.75 Å². The maximum atomic E-state index is 12.7. The highest BCUT2D eigenvalue weighted by molar-refractivity contribution is 7.09. The van der Waals surface area contributed by atoms with Crippen LogP contribution in [0, 0.1) is 5.92 Å². The van der Waals surface area contributed by atoms with Gasteiger partial charge in [-0.3, -0.25) is 9.69 Å². The van der Waals surface area contributed by atoms with Crippen molar-refractivity contribution in [1.29, 1.82) is 0 Å².